The molecule has 0 spiro atoms. The maximum absolute atomic E-state index is 12.9. The molecule has 1 aliphatic heterocycles. The molecule has 0 aliphatic carbocycles. The average Bonchev–Trinajstić information content (AvgIpc) is 2.73. The first-order valence-electron chi connectivity index (χ1n) is 9.17. The molecule has 1 amide bonds. The van der Waals surface area contributed by atoms with Gasteiger partial charge in [-0.2, -0.15) is 0 Å². The van der Waals surface area contributed by atoms with Crippen molar-refractivity contribution in [2.75, 3.05) is 46.9 Å². The molecule has 1 saturated heterocycles. The van der Waals surface area contributed by atoms with E-state index in [0.29, 0.717) is 30.2 Å². The van der Waals surface area contributed by atoms with Gasteiger partial charge in [-0.25, -0.2) is 0 Å². The molecule has 1 heterocycles. The zero-order chi connectivity index (χ0) is 19.1. The fourth-order valence-corrected chi connectivity index (χ4v) is 3.26. The molecule has 1 fully saturated rings. The molecular weight excluding hydrogens is 340 g/mol. The van der Waals surface area contributed by atoms with Crippen LogP contribution in [0.4, 0.5) is 0 Å². The van der Waals surface area contributed by atoms with Crippen molar-refractivity contribution < 1.29 is 14.3 Å². The molecule has 5 heteroatoms. The molecule has 2 aromatic carbocycles. The van der Waals surface area contributed by atoms with E-state index in [1.165, 1.54) is 5.56 Å². The monoisotopic (exact) mass is 366 g/mol. The van der Waals surface area contributed by atoms with Gasteiger partial charge in [0, 0.05) is 32.7 Å². The van der Waals surface area contributed by atoms with Gasteiger partial charge in [-0.1, -0.05) is 48.6 Å². The first-order valence-corrected chi connectivity index (χ1v) is 9.17. The van der Waals surface area contributed by atoms with Crippen molar-refractivity contribution in [3.63, 3.8) is 0 Å². The summed E-state index contributed by atoms with van der Waals surface area (Å²) in [5.74, 6) is 1.07. The van der Waals surface area contributed by atoms with Gasteiger partial charge < -0.3 is 14.4 Å². The summed E-state index contributed by atoms with van der Waals surface area (Å²) in [5.41, 5.74) is 1.76. The Hall–Kier alpha value is -2.79. The Balaban J connectivity index is 1.56. The van der Waals surface area contributed by atoms with Crippen LogP contribution in [0.15, 0.2) is 54.6 Å². The number of rotatable bonds is 6. The lowest BCUT2D eigenvalue weighted by Crippen LogP contribution is -2.48. The van der Waals surface area contributed by atoms with Crippen molar-refractivity contribution in [3.05, 3.63) is 65.7 Å². The highest BCUT2D eigenvalue weighted by Crippen LogP contribution is 2.31. The fourth-order valence-electron chi connectivity index (χ4n) is 3.26. The lowest BCUT2D eigenvalue weighted by Gasteiger charge is -2.34. The fraction of sp³-hybridized carbons (Fsp3) is 0.318. The topological polar surface area (TPSA) is 42.0 Å². The number of nitrogens with zero attached hydrogens (tertiary/aromatic N) is 2. The molecule has 0 aromatic heterocycles. The zero-order valence-corrected chi connectivity index (χ0v) is 15.9. The molecule has 3 rings (SSSR count). The minimum atomic E-state index is -0.00905. The molecule has 0 unspecified atom stereocenters. The van der Waals surface area contributed by atoms with Crippen LogP contribution in [0.3, 0.4) is 0 Å². The van der Waals surface area contributed by atoms with Crippen molar-refractivity contribution in [1.82, 2.24) is 9.80 Å². The van der Waals surface area contributed by atoms with Crippen LogP contribution in [0.1, 0.15) is 15.9 Å². The number of para-hydroxylation sites is 1. The molecule has 5 nitrogen and oxygen atoms in total. The molecule has 27 heavy (non-hydrogen) atoms. The van der Waals surface area contributed by atoms with Crippen molar-refractivity contribution in [2.45, 2.75) is 0 Å². The van der Waals surface area contributed by atoms with E-state index in [9.17, 15) is 4.79 Å². The smallest absolute Gasteiger partial charge is 0.257 e. The molecule has 2 aromatic rings. The van der Waals surface area contributed by atoms with Gasteiger partial charge in [0.15, 0.2) is 11.5 Å². The summed E-state index contributed by atoms with van der Waals surface area (Å²) in [7, 11) is 3.14. The average molecular weight is 366 g/mol. The van der Waals surface area contributed by atoms with Crippen LogP contribution in [-0.4, -0.2) is 62.7 Å². The van der Waals surface area contributed by atoms with Gasteiger partial charge in [0.2, 0.25) is 0 Å². The van der Waals surface area contributed by atoms with Gasteiger partial charge in [0.1, 0.15) is 0 Å². The summed E-state index contributed by atoms with van der Waals surface area (Å²) in [4.78, 5) is 17.1. The number of hydrogen-bond donors (Lipinski definition) is 0. The first kappa shape index (κ1) is 19.0. The van der Waals surface area contributed by atoms with Gasteiger partial charge >= 0.3 is 0 Å². The number of piperazine rings is 1. The third-order valence-electron chi connectivity index (χ3n) is 4.77. The van der Waals surface area contributed by atoms with Crippen molar-refractivity contribution >= 4 is 12.0 Å². The standard InChI is InChI=1S/C22H26N2O3/c1-26-20-12-6-11-19(21(20)27-2)22(25)24-16-14-23(15-17-24)13-7-10-18-8-4-3-5-9-18/h3-12H,13-17H2,1-2H3. The number of carbonyl (C=O) groups is 1. The predicted molar refractivity (Wildman–Crippen MR) is 107 cm³/mol. The number of hydrogen-bond acceptors (Lipinski definition) is 4. The van der Waals surface area contributed by atoms with Gasteiger partial charge in [-0.3, -0.25) is 9.69 Å². The second-order valence-electron chi connectivity index (χ2n) is 6.45. The Bertz CT molecular complexity index is 781. The second kappa shape index (κ2) is 9.24. The second-order valence-corrected chi connectivity index (χ2v) is 6.45. The predicted octanol–water partition coefficient (Wildman–Crippen LogP) is 3.18. The van der Waals surface area contributed by atoms with Gasteiger partial charge in [-0.15, -0.1) is 0 Å². The number of carbonyl (C=O) groups excluding carboxylic acids is 1. The van der Waals surface area contributed by atoms with Crippen molar-refractivity contribution in [1.29, 1.82) is 0 Å². The lowest BCUT2D eigenvalue weighted by molar-refractivity contribution is 0.0646. The Morgan fingerprint density at radius 3 is 2.37 bits per heavy atom. The normalized spacial score (nSPS) is 15.1. The van der Waals surface area contributed by atoms with Crippen molar-refractivity contribution in [2.24, 2.45) is 0 Å². The van der Waals surface area contributed by atoms with E-state index in [1.54, 1.807) is 26.4 Å². The molecule has 0 radical (unpaired) electrons. The number of benzene rings is 2. The Labute approximate surface area is 160 Å². The van der Waals surface area contributed by atoms with E-state index in [1.807, 2.05) is 29.2 Å². The third-order valence-corrected chi connectivity index (χ3v) is 4.77. The summed E-state index contributed by atoms with van der Waals surface area (Å²) >= 11 is 0. The van der Waals surface area contributed by atoms with E-state index >= 15 is 0 Å². The molecule has 0 bridgehead atoms. The molecule has 0 saturated carbocycles. The highest BCUT2D eigenvalue weighted by atomic mass is 16.5. The molecular formula is C22H26N2O3. The van der Waals surface area contributed by atoms with Gasteiger partial charge in [-0.05, 0) is 17.7 Å². The molecule has 142 valence electrons. The number of methoxy groups -OCH3 is 2. The molecule has 1 aliphatic rings. The SMILES string of the molecule is COc1cccc(C(=O)N2CCN(CC=Cc3ccccc3)CC2)c1OC. The molecule has 0 N–H and O–H groups in total. The van der Waals surface area contributed by atoms with E-state index in [2.05, 4.69) is 29.2 Å². The van der Waals surface area contributed by atoms with Crippen LogP contribution in [-0.2, 0) is 0 Å². The summed E-state index contributed by atoms with van der Waals surface area (Å²) in [5, 5.41) is 0. The van der Waals surface area contributed by atoms with E-state index in [-0.39, 0.29) is 5.91 Å². The number of ether oxygens (including phenoxy) is 2. The largest absolute Gasteiger partial charge is 0.493 e. The van der Waals surface area contributed by atoms with Crippen LogP contribution < -0.4 is 9.47 Å². The van der Waals surface area contributed by atoms with Gasteiger partial charge in [0.05, 0.1) is 19.8 Å². The van der Waals surface area contributed by atoms with Crippen LogP contribution in [0.5, 0.6) is 11.5 Å². The zero-order valence-electron chi connectivity index (χ0n) is 15.9. The van der Waals surface area contributed by atoms with Crippen LogP contribution in [0.2, 0.25) is 0 Å². The minimum absolute atomic E-state index is 0.00905. The Morgan fingerprint density at radius 1 is 0.963 bits per heavy atom. The minimum Gasteiger partial charge on any atom is -0.493 e. The van der Waals surface area contributed by atoms with Crippen LogP contribution in [0, 0.1) is 0 Å². The summed E-state index contributed by atoms with van der Waals surface area (Å²) < 4.78 is 10.7. The lowest BCUT2D eigenvalue weighted by atomic mass is 10.1. The van der Waals surface area contributed by atoms with E-state index < -0.39 is 0 Å². The Kier molecular flexibility index (Phi) is 6.49. The highest BCUT2D eigenvalue weighted by molar-refractivity contribution is 5.97. The number of amides is 1. The van der Waals surface area contributed by atoms with Crippen molar-refractivity contribution in [3.8, 4) is 11.5 Å². The maximum atomic E-state index is 12.9. The summed E-state index contributed by atoms with van der Waals surface area (Å²) in [6.45, 7) is 4.02. The van der Waals surface area contributed by atoms with Gasteiger partial charge in [0.25, 0.3) is 5.91 Å². The summed E-state index contributed by atoms with van der Waals surface area (Å²) in [6.07, 6.45) is 4.32. The van der Waals surface area contributed by atoms with Crippen LogP contribution in [0.25, 0.3) is 6.08 Å². The maximum Gasteiger partial charge on any atom is 0.257 e. The van der Waals surface area contributed by atoms with Crippen LogP contribution >= 0.6 is 0 Å². The highest BCUT2D eigenvalue weighted by Gasteiger charge is 2.25. The quantitative estimate of drug-likeness (QED) is 0.788. The third kappa shape index (κ3) is 4.68. The van der Waals surface area contributed by atoms with E-state index in [4.69, 9.17) is 9.47 Å². The Morgan fingerprint density at radius 2 is 1.70 bits per heavy atom. The summed E-state index contributed by atoms with van der Waals surface area (Å²) in [6, 6.07) is 15.7. The molecule has 0 atom stereocenters. The first-order chi connectivity index (χ1) is 13.2. The van der Waals surface area contributed by atoms with E-state index in [0.717, 1.165) is 19.6 Å².